The van der Waals surface area contributed by atoms with Crippen LogP contribution in [0.1, 0.15) is 24.8 Å². The molecule has 0 fully saturated rings. The van der Waals surface area contributed by atoms with E-state index in [4.69, 9.17) is 16.3 Å². The van der Waals surface area contributed by atoms with Gasteiger partial charge in [0.25, 0.3) is 0 Å². The van der Waals surface area contributed by atoms with Crippen molar-refractivity contribution < 1.29 is 9.53 Å². The van der Waals surface area contributed by atoms with Crippen LogP contribution < -0.4 is 10.1 Å². The monoisotopic (exact) mass is 381 g/mol. The zero-order valence-corrected chi connectivity index (χ0v) is 14.7. The van der Waals surface area contributed by atoms with Crippen molar-refractivity contribution in [3.63, 3.8) is 0 Å². The van der Waals surface area contributed by atoms with Gasteiger partial charge in [0.05, 0.1) is 17.3 Å². The van der Waals surface area contributed by atoms with E-state index in [-0.39, 0.29) is 11.8 Å². The van der Waals surface area contributed by atoms with Gasteiger partial charge in [-0.1, -0.05) is 48.9 Å². The van der Waals surface area contributed by atoms with Crippen LogP contribution in [-0.4, -0.2) is 13.0 Å². The van der Waals surface area contributed by atoms with E-state index in [1.165, 1.54) is 0 Å². The van der Waals surface area contributed by atoms with Gasteiger partial charge >= 0.3 is 0 Å². The topological polar surface area (TPSA) is 38.3 Å². The van der Waals surface area contributed by atoms with Crippen LogP contribution >= 0.6 is 27.5 Å². The predicted molar refractivity (Wildman–Crippen MR) is 93.8 cm³/mol. The third kappa shape index (κ3) is 4.24. The second kappa shape index (κ2) is 7.65. The molecular weight excluding hydrogens is 366 g/mol. The summed E-state index contributed by atoms with van der Waals surface area (Å²) in [6.07, 6.45) is 0.386. The molecule has 1 amide bonds. The van der Waals surface area contributed by atoms with Crippen molar-refractivity contribution in [3.8, 4) is 5.75 Å². The summed E-state index contributed by atoms with van der Waals surface area (Å²) in [6, 6.07) is 13.4. The predicted octanol–water partition coefficient (Wildman–Crippen LogP) is 5.24. The van der Waals surface area contributed by atoms with Gasteiger partial charge < -0.3 is 10.1 Å². The second-order valence-electron chi connectivity index (χ2n) is 5.03. The van der Waals surface area contributed by atoms with E-state index in [2.05, 4.69) is 21.2 Å². The van der Waals surface area contributed by atoms with Gasteiger partial charge in [-0.3, -0.25) is 4.79 Å². The lowest BCUT2D eigenvalue weighted by molar-refractivity contribution is -0.116. The highest BCUT2D eigenvalue weighted by Gasteiger charge is 2.15. The molecule has 0 unspecified atom stereocenters. The van der Waals surface area contributed by atoms with E-state index < -0.39 is 0 Å². The fourth-order valence-electron chi connectivity index (χ4n) is 2.24. The summed E-state index contributed by atoms with van der Waals surface area (Å²) in [7, 11) is 1.55. The molecule has 0 heterocycles. The summed E-state index contributed by atoms with van der Waals surface area (Å²) in [4.78, 5) is 12.3. The standard InChI is InChI=1S/C17H17BrClNO2/c1-11(12-6-4-3-5-7-12)8-16(21)20-15-10-13(19)9-14(18)17(15)22-2/h3-7,9-11H,8H2,1-2H3,(H,20,21)/t11-/m0/s1. The van der Waals surface area contributed by atoms with Crippen molar-refractivity contribution in [3.05, 3.63) is 57.5 Å². The molecule has 0 aromatic heterocycles. The highest BCUT2D eigenvalue weighted by molar-refractivity contribution is 9.10. The van der Waals surface area contributed by atoms with Gasteiger partial charge in [-0.15, -0.1) is 0 Å². The normalized spacial score (nSPS) is 11.8. The molecule has 0 aliphatic heterocycles. The van der Waals surface area contributed by atoms with Crippen LogP contribution in [0.5, 0.6) is 5.75 Å². The summed E-state index contributed by atoms with van der Waals surface area (Å²) in [5.41, 5.74) is 1.70. The zero-order valence-electron chi connectivity index (χ0n) is 12.4. The van der Waals surface area contributed by atoms with Crippen LogP contribution in [0.25, 0.3) is 0 Å². The minimum absolute atomic E-state index is 0.0798. The van der Waals surface area contributed by atoms with Gasteiger partial charge in [-0.2, -0.15) is 0 Å². The number of carbonyl (C=O) groups excluding carboxylic acids is 1. The van der Waals surface area contributed by atoms with E-state index in [0.29, 0.717) is 27.4 Å². The number of halogens is 2. The molecule has 1 N–H and O–H groups in total. The number of hydrogen-bond acceptors (Lipinski definition) is 2. The number of anilines is 1. The Bertz CT molecular complexity index is 661. The van der Waals surface area contributed by atoms with E-state index >= 15 is 0 Å². The van der Waals surface area contributed by atoms with Crippen molar-refractivity contribution in [2.24, 2.45) is 0 Å². The molecule has 3 nitrogen and oxygen atoms in total. The van der Waals surface area contributed by atoms with Crippen LogP contribution in [0.15, 0.2) is 46.9 Å². The van der Waals surface area contributed by atoms with Crippen LogP contribution in [-0.2, 0) is 4.79 Å². The maximum atomic E-state index is 12.3. The maximum absolute atomic E-state index is 12.3. The molecule has 2 rings (SSSR count). The van der Waals surface area contributed by atoms with E-state index in [1.807, 2.05) is 37.3 Å². The highest BCUT2D eigenvalue weighted by atomic mass is 79.9. The smallest absolute Gasteiger partial charge is 0.225 e. The Morgan fingerprint density at radius 1 is 1.32 bits per heavy atom. The number of benzene rings is 2. The van der Waals surface area contributed by atoms with Crippen LogP contribution in [0, 0.1) is 0 Å². The van der Waals surface area contributed by atoms with Crippen molar-refractivity contribution in [2.75, 3.05) is 12.4 Å². The summed E-state index contributed by atoms with van der Waals surface area (Å²) in [5, 5.41) is 3.39. The minimum Gasteiger partial charge on any atom is -0.493 e. The summed E-state index contributed by atoms with van der Waals surface area (Å²) in [6.45, 7) is 2.03. The van der Waals surface area contributed by atoms with Crippen LogP contribution in [0.4, 0.5) is 5.69 Å². The number of carbonyl (C=O) groups is 1. The molecule has 0 radical (unpaired) electrons. The number of nitrogens with one attached hydrogen (secondary N) is 1. The molecule has 0 saturated carbocycles. The molecular formula is C17H17BrClNO2. The van der Waals surface area contributed by atoms with Gasteiger partial charge in [0.2, 0.25) is 5.91 Å². The van der Waals surface area contributed by atoms with Crippen molar-refractivity contribution >= 4 is 39.1 Å². The molecule has 22 heavy (non-hydrogen) atoms. The van der Waals surface area contributed by atoms with Gasteiger partial charge in [0.15, 0.2) is 5.75 Å². The third-order valence-corrected chi connectivity index (χ3v) is 4.15. The maximum Gasteiger partial charge on any atom is 0.225 e. The SMILES string of the molecule is COc1c(Br)cc(Cl)cc1NC(=O)C[C@H](C)c1ccccc1. The van der Waals surface area contributed by atoms with E-state index in [9.17, 15) is 4.79 Å². The molecule has 2 aromatic carbocycles. The van der Waals surface area contributed by atoms with E-state index in [0.717, 1.165) is 5.56 Å². The Balaban J connectivity index is 2.09. The molecule has 0 aliphatic rings. The Kier molecular flexibility index (Phi) is 5.86. The molecule has 2 aromatic rings. The first-order valence-electron chi connectivity index (χ1n) is 6.89. The first-order valence-corrected chi connectivity index (χ1v) is 8.06. The Hall–Kier alpha value is -1.52. The summed E-state index contributed by atoms with van der Waals surface area (Å²) < 4.78 is 6.00. The molecule has 0 aliphatic carbocycles. The number of methoxy groups -OCH3 is 1. The fourth-order valence-corrected chi connectivity index (χ4v) is 3.21. The molecule has 0 saturated heterocycles. The lowest BCUT2D eigenvalue weighted by Crippen LogP contribution is -2.15. The molecule has 5 heteroatoms. The quantitative estimate of drug-likeness (QED) is 0.767. The second-order valence-corrected chi connectivity index (χ2v) is 6.32. The number of ether oxygens (including phenoxy) is 1. The van der Waals surface area contributed by atoms with Gasteiger partial charge in [0.1, 0.15) is 0 Å². The van der Waals surface area contributed by atoms with Crippen LogP contribution in [0.3, 0.4) is 0 Å². The molecule has 0 bridgehead atoms. The Labute approximate surface area is 143 Å². The largest absolute Gasteiger partial charge is 0.493 e. The first kappa shape index (κ1) is 16.8. The zero-order chi connectivity index (χ0) is 16.1. The number of amides is 1. The Morgan fingerprint density at radius 2 is 2.00 bits per heavy atom. The lowest BCUT2D eigenvalue weighted by Gasteiger charge is -2.15. The average molecular weight is 383 g/mol. The van der Waals surface area contributed by atoms with Gasteiger partial charge in [0, 0.05) is 11.4 Å². The highest BCUT2D eigenvalue weighted by Crippen LogP contribution is 2.36. The Morgan fingerprint density at radius 3 is 2.64 bits per heavy atom. The third-order valence-electron chi connectivity index (χ3n) is 3.35. The number of hydrogen-bond donors (Lipinski definition) is 1. The lowest BCUT2D eigenvalue weighted by atomic mass is 9.97. The summed E-state index contributed by atoms with van der Waals surface area (Å²) >= 11 is 9.40. The van der Waals surface area contributed by atoms with Crippen molar-refractivity contribution in [1.29, 1.82) is 0 Å². The van der Waals surface area contributed by atoms with E-state index in [1.54, 1.807) is 19.2 Å². The van der Waals surface area contributed by atoms with Gasteiger partial charge in [-0.25, -0.2) is 0 Å². The molecule has 0 spiro atoms. The first-order chi connectivity index (χ1) is 10.5. The van der Waals surface area contributed by atoms with Crippen LogP contribution in [0.2, 0.25) is 5.02 Å². The molecule has 116 valence electrons. The van der Waals surface area contributed by atoms with Crippen molar-refractivity contribution in [2.45, 2.75) is 19.3 Å². The minimum atomic E-state index is -0.0798. The average Bonchev–Trinajstić information content (AvgIpc) is 2.47. The summed E-state index contributed by atoms with van der Waals surface area (Å²) in [5.74, 6) is 0.615. The molecule has 1 atom stereocenters. The van der Waals surface area contributed by atoms with Crippen molar-refractivity contribution in [1.82, 2.24) is 0 Å². The number of rotatable bonds is 5. The fraction of sp³-hybridized carbons (Fsp3) is 0.235. The van der Waals surface area contributed by atoms with Gasteiger partial charge in [-0.05, 0) is 39.5 Å².